The number of carbonyl (C=O) groups is 1. The molecule has 1 rings (SSSR count). The molecule has 2 N–H and O–H groups in total. The summed E-state index contributed by atoms with van der Waals surface area (Å²) in [5.41, 5.74) is 6.87. The molecule has 0 aliphatic rings. The highest BCUT2D eigenvalue weighted by molar-refractivity contribution is 5.95. The predicted octanol–water partition coefficient (Wildman–Crippen LogP) is 1.94. The molecule has 5 heteroatoms. The maximum atomic E-state index is 12.4. The van der Waals surface area contributed by atoms with Gasteiger partial charge in [-0.25, -0.2) is 0 Å². The van der Waals surface area contributed by atoms with Gasteiger partial charge in [0.05, 0.1) is 18.9 Å². The maximum Gasteiger partial charge on any atom is 0.254 e. The van der Waals surface area contributed by atoms with Gasteiger partial charge in [0.2, 0.25) is 0 Å². The minimum atomic E-state index is -0.100. The number of nitrogens with two attached hydrogens (primary N) is 1. The van der Waals surface area contributed by atoms with Crippen molar-refractivity contribution < 1.29 is 14.3 Å². The number of hydrogen-bond donors (Lipinski definition) is 1. The van der Waals surface area contributed by atoms with Crippen LogP contribution in [0.5, 0.6) is 5.75 Å². The summed E-state index contributed by atoms with van der Waals surface area (Å²) < 4.78 is 10.4. The standard InChI is InChI=1S/C15H22N2O3/c1-4-8-17(9-10-19-3)15(18)12-6-7-14(20-5-2)13(16)11-12/h4,6-7,11H,1,5,8-10,16H2,2-3H3. The fourth-order valence-electron chi connectivity index (χ4n) is 1.78. The molecule has 0 aliphatic heterocycles. The molecule has 1 aromatic rings. The van der Waals surface area contributed by atoms with E-state index in [1.54, 1.807) is 36.3 Å². The van der Waals surface area contributed by atoms with Crippen LogP contribution in [0.4, 0.5) is 5.69 Å². The third-order valence-corrected chi connectivity index (χ3v) is 2.76. The molecule has 0 radical (unpaired) electrons. The predicted molar refractivity (Wildman–Crippen MR) is 80.0 cm³/mol. The Morgan fingerprint density at radius 3 is 2.80 bits per heavy atom. The summed E-state index contributed by atoms with van der Waals surface area (Å²) in [5.74, 6) is 0.493. The van der Waals surface area contributed by atoms with Crippen molar-refractivity contribution in [3.8, 4) is 5.75 Å². The lowest BCUT2D eigenvalue weighted by molar-refractivity contribution is 0.0718. The van der Waals surface area contributed by atoms with Gasteiger partial charge in [0.1, 0.15) is 5.75 Å². The Labute approximate surface area is 120 Å². The first-order valence-electron chi connectivity index (χ1n) is 6.55. The summed E-state index contributed by atoms with van der Waals surface area (Å²) in [7, 11) is 1.60. The lowest BCUT2D eigenvalue weighted by atomic mass is 10.1. The van der Waals surface area contributed by atoms with E-state index in [2.05, 4.69) is 6.58 Å². The first-order valence-corrected chi connectivity index (χ1v) is 6.55. The third-order valence-electron chi connectivity index (χ3n) is 2.76. The molecule has 0 saturated heterocycles. The van der Waals surface area contributed by atoms with E-state index in [-0.39, 0.29) is 5.91 Å². The number of anilines is 1. The van der Waals surface area contributed by atoms with Gasteiger partial charge in [0, 0.05) is 25.8 Å². The second-order valence-corrected chi connectivity index (χ2v) is 4.22. The lowest BCUT2D eigenvalue weighted by Crippen LogP contribution is -2.34. The zero-order valence-electron chi connectivity index (χ0n) is 12.1. The minimum absolute atomic E-state index is 0.100. The summed E-state index contributed by atoms with van der Waals surface area (Å²) in [5, 5.41) is 0. The van der Waals surface area contributed by atoms with E-state index in [1.165, 1.54) is 0 Å². The number of rotatable bonds is 8. The average molecular weight is 278 g/mol. The Morgan fingerprint density at radius 2 is 2.25 bits per heavy atom. The van der Waals surface area contributed by atoms with Crippen LogP contribution in [-0.4, -0.2) is 44.2 Å². The molecule has 1 aromatic carbocycles. The van der Waals surface area contributed by atoms with Gasteiger partial charge in [0.25, 0.3) is 5.91 Å². The minimum Gasteiger partial charge on any atom is -0.492 e. The summed E-state index contributed by atoms with van der Waals surface area (Å²) >= 11 is 0. The van der Waals surface area contributed by atoms with Crippen LogP contribution >= 0.6 is 0 Å². The molecule has 110 valence electrons. The number of ether oxygens (including phenoxy) is 2. The third kappa shape index (κ3) is 4.28. The van der Waals surface area contributed by atoms with Crippen LogP contribution < -0.4 is 10.5 Å². The molecule has 0 fully saturated rings. The molecule has 0 atom stereocenters. The highest BCUT2D eigenvalue weighted by Gasteiger charge is 2.15. The molecular formula is C15H22N2O3. The number of amides is 1. The van der Waals surface area contributed by atoms with Crippen molar-refractivity contribution in [2.45, 2.75) is 6.92 Å². The number of nitrogen functional groups attached to an aromatic ring is 1. The molecule has 0 spiro atoms. The van der Waals surface area contributed by atoms with Gasteiger partial charge < -0.3 is 20.1 Å². The van der Waals surface area contributed by atoms with Crippen molar-refractivity contribution >= 4 is 11.6 Å². The number of nitrogens with zero attached hydrogens (tertiary/aromatic N) is 1. The maximum absolute atomic E-state index is 12.4. The molecule has 0 bridgehead atoms. The molecule has 1 amide bonds. The van der Waals surface area contributed by atoms with E-state index in [1.807, 2.05) is 6.92 Å². The van der Waals surface area contributed by atoms with Crippen LogP contribution in [0.15, 0.2) is 30.9 Å². The second kappa shape index (κ2) is 8.22. The molecule has 20 heavy (non-hydrogen) atoms. The van der Waals surface area contributed by atoms with Crippen LogP contribution in [0.2, 0.25) is 0 Å². The molecule has 5 nitrogen and oxygen atoms in total. The van der Waals surface area contributed by atoms with E-state index in [9.17, 15) is 4.79 Å². The van der Waals surface area contributed by atoms with E-state index in [0.29, 0.717) is 43.3 Å². The smallest absolute Gasteiger partial charge is 0.254 e. The Bertz CT molecular complexity index is 460. The van der Waals surface area contributed by atoms with Crippen LogP contribution in [0.1, 0.15) is 17.3 Å². The normalized spacial score (nSPS) is 10.1. The van der Waals surface area contributed by atoms with E-state index >= 15 is 0 Å². The molecule has 0 aromatic heterocycles. The largest absolute Gasteiger partial charge is 0.492 e. The lowest BCUT2D eigenvalue weighted by Gasteiger charge is -2.21. The number of methoxy groups -OCH3 is 1. The molecule has 0 aliphatic carbocycles. The molecular weight excluding hydrogens is 256 g/mol. The quantitative estimate of drug-likeness (QED) is 0.583. The summed E-state index contributed by atoms with van der Waals surface area (Å²) in [6, 6.07) is 5.07. The fraction of sp³-hybridized carbons (Fsp3) is 0.400. The molecule has 0 unspecified atom stereocenters. The summed E-state index contributed by atoms with van der Waals surface area (Å²) in [4.78, 5) is 14.0. The summed E-state index contributed by atoms with van der Waals surface area (Å²) in [6.07, 6.45) is 1.69. The second-order valence-electron chi connectivity index (χ2n) is 4.22. The summed E-state index contributed by atoms with van der Waals surface area (Å²) in [6.45, 7) is 7.54. The monoisotopic (exact) mass is 278 g/mol. The highest BCUT2D eigenvalue weighted by Crippen LogP contribution is 2.23. The van der Waals surface area contributed by atoms with Crippen molar-refractivity contribution in [3.05, 3.63) is 36.4 Å². The van der Waals surface area contributed by atoms with Crippen LogP contribution in [-0.2, 0) is 4.74 Å². The Morgan fingerprint density at radius 1 is 1.50 bits per heavy atom. The Kier molecular flexibility index (Phi) is 6.59. The van der Waals surface area contributed by atoms with Gasteiger partial charge in [0.15, 0.2) is 0 Å². The highest BCUT2D eigenvalue weighted by atomic mass is 16.5. The van der Waals surface area contributed by atoms with Crippen molar-refractivity contribution in [2.24, 2.45) is 0 Å². The van der Waals surface area contributed by atoms with Crippen LogP contribution in [0, 0.1) is 0 Å². The van der Waals surface area contributed by atoms with Crippen molar-refractivity contribution in [1.29, 1.82) is 0 Å². The van der Waals surface area contributed by atoms with Gasteiger partial charge in [-0.2, -0.15) is 0 Å². The zero-order chi connectivity index (χ0) is 15.0. The van der Waals surface area contributed by atoms with Crippen molar-refractivity contribution in [1.82, 2.24) is 4.90 Å². The van der Waals surface area contributed by atoms with Crippen molar-refractivity contribution in [2.75, 3.05) is 39.1 Å². The molecule has 0 saturated carbocycles. The zero-order valence-corrected chi connectivity index (χ0v) is 12.1. The van der Waals surface area contributed by atoms with Crippen molar-refractivity contribution in [3.63, 3.8) is 0 Å². The van der Waals surface area contributed by atoms with Crippen LogP contribution in [0.3, 0.4) is 0 Å². The van der Waals surface area contributed by atoms with Gasteiger partial charge in [-0.3, -0.25) is 4.79 Å². The number of hydrogen-bond acceptors (Lipinski definition) is 4. The Hall–Kier alpha value is -2.01. The van der Waals surface area contributed by atoms with E-state index in [0.717, 1.165) is 0 Å². The SMILES string of the molecule is C=CCN(CCOC)C(=O)c1ccc(OCC)c(N)c1. The number of benzene rings is 1. The molecule has 0 heterocycles. The van der Waals surface area contributed by atoms with Crippen LogP contribution in [0.25, 0.3) is 0 Å². The Balaban J connectivity index is 2.88. The first-order chi connectivity index (χ1) is 9.63. The van der Waals surface area contributed by atoms with Gasteiger partial charge in [-0.05, 0) is 25.1 Å². The topological polar surface area (TPSA) is 64.8 Å². The van der Waals surface area contributed by atoms with Gasteiger partial charge in [-0.1, -0.05) is 6.08 Å². The van der Waals surface area contributed by atoms with E-state index in [4.69, 9.17) is 15.2 Å². The average Bonchev–Trinajstić information content (AvgIpc) is 2.45. The first kappa shape index (κ1) is 16.0. The fourth-order valence-corrected chi connectivity index (χ4v) is 1.78. The van der Waals surface area contributed by atoms with Gasteiger partial charge >= 0.3 is 0 Å². The van der Waals surface area contributed by atoms with E-state index < -0.39 is 0 Å². The number of carbonyl (C=O) groups excluding carboxylic acids is 1. The van der Waals surface area contributed by atoms with Gasteiger partial charge in [-0.15, -0.1) is 6.58 Å².